The second kappa shape index (κ2) is 4.07. The van der Waals surface area contributed by atoms with Crippen LogP contribution < -0.4 is 5.73 Å². The van der Waals surface area contributed by atoms with Gasteiger partial charge in [0.1, 0.15) is 0 Å². The molecule has 0 aliphatic carbocycles. The molecule has 0 amide bonds. The number of nitriles is 1. The van der Waals surface area contributed by atoms with Gasteiger partial charge in [0.2, 0.25) is 0 Å². The molecule has 0 unspecified atom stereocenters. The van der Waals surface area contributed by atoms with Crippen LogP contribution in [-0.4, -0.2) is 5.75 Å². The SMILES string of the molecule is N#C/C=C(\N)c1cc2c(s1)CCSC2. The van der Waals surface area contributed by atoms with E-state index in [0.717, 1.165) is 17.1 Å². The van der Waals surface area contributed by atoms with Gasteiger partial charge in [-0.05, 0) is 23.8 Å². The summed E-state index contributed by atoms with van der Waals surface area (Å²) >= 11 is 3.68. The van der Waals surface area contributed by atoms with Gasteiger partial charge in [0.15, 0.2) is 0 Å². The highest BCUT2D eigenvalue weighted by atomic mass is 32.2. The average Bonchev–Trinajstić information content (AvgIpc) is 2.61. The fourth-order valence-electron chi connectivity index (χ4n) is 1.43. The summed E-state index contributed by atoms with van der Waals surface area (Å²) in [7, 11) is 0. The van der Waals surface area contributed by atoms with Crippen molar-refractivity contribution in [2.75, 3.05) is 5.75 Å². The number of hydrogen-bond donors (Lipinski definition) is 1. The molecule has 72 valence electrons. The zero-order chi connectivity index (χ0) is 9.97. The van der Waals surface area contributed by atoms with E-state index < -0.39 is 0 Å². The van der Waals surface area contributed by atoms with E-state index in [-0.39, 0.29) is 0 Å². The van der Waals surface area contributed by atoms with E-state index >= 15 is 0 Å². The van der Waals surface area contributed by atoms with Crippen molar-refractivity contribution in [1.29, 1.82) is 5.26 Å². The highest BCUT2D eigenvalue weighted by Gasteiger charge is 2.14. The molecule has 2 N–H and O–H groups in total. The monoisotopic (exact) mass is 222 g/mol. The van der Waals surface area contributed by atoms with E-state index in [1.165, 1.54) is 22.3 Å². The van der Waals surface area contributed by atoms with Crippen LogP contribution >= 0.6 is 23.1 Å². The highest BCUT2D eigenvalue weighted by Crippen LogP contribution is 2.33. The first-order valence-electron chi connectivity index (χ1n) is 4.36. The zero-order valence-corrected chi connectivity index (χ0v) is 9.25. The Morgan fingerprint density at radius 2 is 2.50 bits per heavy atom. The van der Waals surface area contributed by atoms with Crippen LogP contribution in [0.2, 0.25) is 0 Å². The first kappa shape index (κ1) is 9.63. The largest absolute Gasteiger partial charge is 0.397 e. The smallest absolute Gasteiger partial charge is 0.0934 e. The molecule has 0 fully saturated rings. The van der Waals surface area contributed by atoms with Gasteiger partial charge in [0.05, 0.1) is 16.6 Å². The van der Waals surface area contributed by atoms with Crippen molar-refractivity contribution in [2.24, 2.45) is 5.73 Å². The summed E-state index contributed by atoms with van der Waals surface area (Å²) in [6.45, 7) is 0. The van der Waals surface area contributed by atoms with E-state index in [9.17, 15) is 0 Å². The summed E-state index contributed by atoms with van der Waals surface area (Å²) < 4.78 is 0. The number of hydrogen-bond acceptors (Lipinski definition) is 4. The molecule has 14 heavy (non-hydrogen) atoms. The van der Waals surface area contributed by atoms with E-state index in [2.05, 4.69) is 6.07 Å². The molecule has 2 heterocycles. The van der Waals surface area contributed by atoms with Crippen LogP contribution in [-0.2, 0) is 12.2 Å². The Kier molecular flexibility index (Phi) is 2.80. The first-order chi connectivity index (χ1) is 6.81. The average molecular weight is 222 g/mol. The second-order valence-corrected chi connectivity index (χ2v) is 5.33. The van der Waals surface area contributed by atoms with Gasteiger partial charge in [-0.1, -0.05) is 0 Å². The highest BCUT2D eigenvalue weighted by molar-refractivity contribution is 7.98. The quantitative estimate of drug-likeness (QED) is 0.742. The molecule has 0 saturated carbocycles. The maximum absolute atomic E-state index is 8.49. The molecule has 1 aromatic heterocycles. The summed E-state index contributed by atoms with van der Waals surface area (Å²) in [5.41, 5.74) is 7.75. The number of fused-ring (bicyclic) bond motifs is 1. The van der Waals surface area contributed by atoms with Gasteiger partial charge in [-0.25, -0.2) is 0 Å². The van der Waals surface area contributed by atoms with Crippen molar-refractivity contribution in [2.45, 2.75) is 12.2 Å². The number of nitrogens with zero attached hydrogens (tertiary/aromatic N) is 1. The van der Waals surface area contributed by atoms with Crippen molar-refractivity contribution < 1.29 is 0 Å². The van der Waals surface area contributed by atoms with Crippen LogP contribution in [0.15, 0.2) is 12.1 Å². The Hall–Kier alpha value is -0.920. The van der Waals surface area contributed by atoms with Gasteiger partial charge in [0, 0.05) is 16.7 Å². The lowest BCUT2D eigenvalue weighted by Gasteiger charge is -2.08. The van der Waals surface area contributed by atoms with E-state index in [0.29, 0.717) is 5.70 Å². The third-order valence-corrected chi connectivity index (χ3v) is 4.43. The third-order valence-electron chi connectivity index (χ3n) is 2.13. The number of rotatable bonds is 1. The molecular formula is C10H10N2S2. The van der Waals surface area contributed by atoms with Crippen LogP contribution in [0.1, 0.15) is 15.3 Å². The Labute approximate surface area is 91.4 Å². The van der Waals surface area contributed by atoms with Gasteiger partial charge in [-0.3, -0.25) is 0 Å². The molecule has 0 atom stereocenters. The minimum Gasteiger partial charge on any atom is -0.397 e. The summed E-state index contributed by atoms with van der Waals surface area (Å²) in [5.74, 6) is 2.29. The van der Waals surface area contributed by atoms with E-state index in [1.54, 1.807) is 11.3 Å². The van der Waals surface area contributed by atoms with Gasteiger partial charge >= 0.3 is 0 Å². The summed E-state index contributed by atoms with van der Waals surface area (Å²) in [4.78, 5) is 2.48. The van der Waals surface area contributed by atoms with Crippen LogP contribution in [0.25, 0.3) is 5.70 Å². The summed E-state index contributed by atoms with van der Waals surface area (Å²) in [6.07, 6.45) is 2.55. The van der Waals surface area contributed by atoms with E-state index in [1.807, 2.05) is 17.8 Å². The lowest BCUT2D eigenvalue weighted by Crippen LogP contribution is -1.96. The molecule has 0 spiro atoms. The number of thiophene rings is 1. The molecule has 0 aromatic carbocycles. The lowest BCUT2D eigenvalue weighted by molar-refractivity contribution is 1.13. The number of aryl methyl sites for hydroxylation is 1. The minimum absolute atomic E-state index is 0.594. The van der Waals surface area contributed by atoms with Crippen LogP contribution in [0.3, 0.4) is 0 Å². The molecule has 1 aliphatic heterocycles. The molecule has 1 aromatic rings. The third kappa shape index (κ3) is 1.79. The number of allylic oxidation sites excluding steroid dienone is 1. The molecule has 0 saturated heterocycles. The standard InChI is InChI=1S/C10H10N2S2/c11-3-1-8(12)10-5-7-6-13-4-2-9(7)14-10/h1,5H,2,4,6,12H2/b8-1-. The van der Waals surface area contributed by atoms with Crippen molar-refractivity contribution in [3.63, 3.8) is 0 Å². The fraction of sp³-hybridized carbons (Fsp3) is 0.300. The maximum Gasteiger partial charge on any atom is 0.0934 e. The Morgan fingerprint density at radius 3 is 3.21 bits per heavy atom. The molecule has 1 aliphatic rings. The molecule has 2 rings (SSSR count). The second-order valence-electron chi connectivity index (χ2n) is 3.09. The van der Waals surface area contributed by atoms with Crippen molar-refractivity contribution >= 4 is 28.8 Å². The Balaban J connectivity index is 2.34. The van der Waals surface area contributed by atoms with Crippen LogP contribution in [0.4, 0.5) is 0 Å². The normalized spacial score (nSPS) is 16.1. The summed E-state index contributed by atoms with van der Waals surface area (Å²) in [5, 5.41) is 8.49. The van der Waals surface area contributed by atoms with Crippen LogP contribution in [0, 0.1) is 11.3 Å². The first-order valence-corrected chi connectivity index (χ1v) is 6.33. The van der Waals surface area contributed by atoms with Crippen molar-refractivity contribution in [3.05, 3.63) is 27.5 Å². The summed E-state index contributed by atoms with van der Waals surface area (Å²) in [6, 6.07) is 4.08. The molecule has 2 nitrogen and oxygen atoms in total. The zero-order valence-electron chi connectivity index (χ0n) is 7.62. The van der Waals surface area contributed by atoms with Gasteiger partial charge in [-0.2, -0.15) is 17.0 Å². The number of thioether (sulfide) groups is 1. The molecule has 0 bridgehead atoms. The topological polar surface area (TPSA) is 49.8 Å². The minimum atomic E-state index is 0.594. The van der Waals surface area contributed by atoms with Gasteiger partial charge < -0.3 is 5.73 Å². The Bertz CT molecular complexity index is 389. The fourth-order valence-corrected chi connectivity index (χ4v) is 3.73. The predicted octanol–water partition coefficient (Wildman–Crippen LogP) is 2.36. The van der Waals surface area contributed by atoms with Gasteiger partial charge in [0.25, 0.3) is 0 Å². The van der Waals surface area contributed by atoms with Gasteiger partial charge in [-0.15, -0.1) is 11.3 Å². The van der Waals surface area contributed by atoms with Crippen molar-refractivity contribution in [3.8, 4) is 6.07 Å². The lowest BCUT2D eigenvalue weighted by atomic mass is 10.2. The molecule has 4 heteroatoms. The number of nitrogens with two attached hydrogens (primary N) is 1. The van der Waals surface area contributed by atoms with E-state index in [4.69, 9.17) is 11.0 Å². The molecular weight excluding hydrogens is 212 g/mol. The predicted molar refractivity (Wildman–Crippen MR) is 62.0 cm³/mol. The maximum atomic E-state index is 8.49. The molecule has 0 radical (unpaired) electrons. The van der Waals surface area contributed by atoms with Crippen molar-refractivity contribution in [1.82, 2.24) is 0 Å². The van der Waals surface area contributed by atoms with Crippen LogP contribution in [0.5, 0.6) is 0 Å². The Morgan fingerprint density at radius 1 is 1.64 bits per heavy atom.